The Labute approximate surface area is 180 Å². The number of halogens is 3. The molecule has 0 aliphatic heterocycles. The maximum atomic E-state index is 11.1. The largest absolute Gasteiger partial charge is 0.288 e. The summed E-state index contributed by atoms with van der Waals surface area (Å²) in [5, 5.41) is 12.1. The third-order valence-electron chi connectivity index (χ3n) is 4.19. The van der Waals surface area contributed by atoms with Gasteiger partial charge in [-0.25, -0.2) is 9.98 Å². The van der Waals surface area contributed by atoms with Gasteiger partial charge in [-0.3, -0.25) is 14.5 Å². The molecule has 2 aromatic carbocycles. The molecule has 0 unspecified atom stereocenters. The first-order valence-electron chi connectivity index (χ1n) is 8.34. The minimum Gasteiger partial charge on any atom is -0.284 e. The van der Waals surface area contributed by atoms with E-state index in [1.807, 2.05) is 24.4 Å². The van der Waals surface area contributed by atoms with E-state index in [9.17, 15) is 10.1 Å². The van der Waals surface area contributed by atoms with Gasteiger partial charge < -0.3 is 0 Å². The second kappa shape index (κ2) is 7.83. The van der Waals surface area contributed by atoms with E-state index in [1.165, 1.54) is 18.3 Å². The lowest BCUT2D eigenvalue weighted by atomic mass is 10.1. The van der Waals surface area contributed by atoms with Crippen LogP contribution in [0.25, 0.3) is 16.9 Å². The molecule has 0 fully saturated rings. The van der Waals surface area contributed by atoms with Crippen molar-refractivity contribution in [1.29, 1.82) is 0 Å². The minimum atomic E-state index is -0.535. The molecule has 9 heteroatoms. The number of nitro benzene ring substituents is 1. The molecule has 2 heterocycles. The molecule has 0 saturated heterocycles. The van der Waals surface area contributed by atoms with Crippen LogP contribution in [0.5, 0.6) is 0 Å². The Hall–Kier alpha value is -2.93. The van der Waals surface area contributed by atoms with Crippen molar-refractivity contribution >= 4 is 58.2 Å². The molecule has 29 heavy (non-hydrogen) atoms. The van der Waals surface area contributed by atoms with Gasteiger partial charge in [0.1, 0.15) is 16.4 Å². The van der Waals surface area contributed by atoms with Crippen LogP contribution in [0.3, 0.4) is 0 Å². The highest BCUT2D eigenvalue weighted by molar-refractivity contribution is 6.36. The average molecular weight is 446 g/mol. The van der Waals surface area contributed by atoms with Crippen molar-refractivity contribution in [2.24, 2.45) is 4.99 Å². The van der Waals surface area contributed by atoms with Crippen LogP contribution in [0.1, 0.15) is 5.56 Å². The molecule has 2 aromatic heterocycles. The van der Waals surface area contributed by atoms with Crippen molar-refractivity contribution in [2.45, 2.75) is 0 Å². The summed E-state index contributed by atoms with van der Waals surface area (Å²) >= 11 is 18.3. The van der Waals surface area contributed by atoms with Gasteiger partial charge in [-0.1, -0.05) is 46.9 Å². The first kappa shape index (κ1) is 19.4. The molecule has 6 nitrogen and oxygen atoms in total. The van der Waals surface area contributed by atoms with Crippen LogP contribution in [0.15, 0.2) is 65.8 Å². The molecular formula is C20H11Cl3N4O2. The molecule has 0 saturated carbocycles. The summed E-state index contributed by atoms with van der Waals surface area (Å²) in [4.78, 5) is 19.8. The Kier molecular flexibility index (Phi) is 5.24. The molecule has 0 aliphatic rings. The van der Waals surface area contributed by atoms with E-state index in [4.69, 9.17) is 34.8 Å². The topological polar surface area (TPSA) is 72.8 Å². The monoisotopic (exact) mass is 444 g/mol. The van der Waals surface area contributed by atoms with Crippen LogP contribution < -0.4 is 0 Å². The summed E-state index contributed by atoms with van der Waals surface area (Å²) in [5.74, 6) is 0.530. The van der Waals surface area contributed by atoms with E-state index < -0.39 is 4.92 Å². The summed E-state index contributed by atoms with van der Waals surface area (Å²) in [6, 6.07) is 15.2. The summed E-state index contributed by atoms with van der Waals surface area (Å²) in [5.41, 5.74) is 2.27. The third kappa shape index (κ3) is 3.82. The van der Waals surface area contributed by atoms with Crippen LogP contribution in [-0.4, -0.2) is 20.5 Å². The van der Waals surface area contributed by atoms with E-state index >= 15 is 0 Å². The van der Waals surface area contributed by atoms with Crippen LogP contribution in [0, 0.1) is 10.1 Å². The zero-order valence-corrected chi connectivity index (χ0v) is 16.9. The second-order valence-electron chi connectivity index (χ2n) is 6.06. The Balaban J connectivity index is 1.86. The number of nitrogens with zero attached hydrogens (tertiary/aromatic N) is 4. The van der Waals surface area contributed by atoms with Crippen molar-refractivity contribution in [3.63, 3.8) is 0 Å². The molecule has 144 valence electrons. The zero-order valence-electron chi connectivity index (χ0n) is 14.6. The molecular weight excluding hydrogens is 435 g/mol. The maximum Gasteiger partial charge on any atom is 0.288 e. The second-order valence-corrected chi connectivity index (χ2v) is 7.31. The normalized spacial score (nSPS) is 11.4. The lowest BCUT2D eigenvalue weighted by molar-refractivity contribution is -0.384. The van der Waals surface area contributed by atoms with Gasteiger partial charge >= 0.3 is 0 Å². The molecule has 0 spiro atoms. The van der Waals surface area contributed by atoms with Crippen LogP contribution >= 0.6 is 34.8 Å². The summed E-state index contributed by atoms with van der Waals surface area (Å²) in [6.07, 6.45) is 3.35. The first-order chi connectivity index (χ1) is 13.9. The summed E-state index contributed by atoms with van der Waals surface area (Å²) in [7, 11) is 0. The average Bonchev–Trinajstić information content (AvgIpc) is 3.05. The number of imidazole rings is 1. The minimum absolute atomic E-state index is 0.0654. The van der Waals surface area contributed by atoms with Gasteiger partial charge in [-0.2, -0.15) is 0 Å². The fraction of sp³-hybridized carbons (Fsp3) is 0. The molecule has 0 bridgehead atoms. The summed E-state index contributed by atoms with van der Waals surface area (Å²) < 4.78 is 1.81. The summed E-state index contributed by atoms with van der Waals surface area (Å²) in [6.45, 7) is 0. The smallest absolute Gasteiger partial charge is 0.284 e. The number of nitro groups is 1. The van der Waals surface area contributed by atoms with Gasteiger partial charge in [0, 0.05) is 29.1 Å². The predicted octanol–water partition coefficient (Wildman–Crippen LogP) is 6.62. The van der Waals surface area contributed by atoms with E-state index in [0.29, 0.717) is 38.3 Å². The van der Waals surface area contributed by atoms with Gasteiger partial charge in [0.15, 0.2) is 5.82 Å². The number of aromatic nitrogens is 2. The molecule has 4 aromatic rings. The maximum absolute atomic E-state index is 11.1. The Morgan fingerprint density at radius 1 is 1.03 bits per heavy atom. The molecule has 0 radical (unpaired) electrons. The van der Waals surface area contributed by atoms with Gasteiger partial charge in [0.05, 0.1) is 9.95 Å². The first-order valence-corrected chi connectivity index (χ1v) is 9.48. The Morgan fingerprint density at radius 3 is 2.62 bits per heavy atom. The third-order valence-corrected chi connectivity index (χ3v) is 5.06. The van der Waals surface area contributed by atoms with E-state index in [0.717, 1.165) is 0 Å². The molecule has 0 atom stereocenters. The fourth-order valence-corrected chi connectivity index (χ4v) is 3.54. The highest BCUT2D eigenvalue weighted by Crippen LogP contribution is 2.36. The quantitative estimate of drug-likeness (QED) is 0.201. The highest BCUT2D eigenvalue weighted by atomic mass is 35.5. The van der Waals surface area contributed by atoms with Crippen LogP contribution in [0.4, 0.5) is 11.5 Å². The molecule has 4 rings (SSSR count). The predicted molar refractivity (Wildman–Crippen MR) is 116 cm³/mol. The number of benzene rings is 2. The van der Waals surface area contributed by atoms with Gasteiger partial charge in [0.2, 0.25) is 0 Å². The van der Waals surface area contributed by atoms with Gasteiger partial charge in [-0.05, 0) is 42.0 Å². The standard InChI is InChI=1S/C20H11Cl3N4O2/c21-13-5-6-14(16(23)10-13)19-20(26-8-2-1-3-18(26)25-19)24-11-12-4-7-15(22)17(9-12)27(28)29/h1-11H/b24-11+. The molecule has 0 aliphatic carbocycles. The van der Waals surface area contributed by atoms with E-state index in [2.05, 4.69) is 9.98 Å². The number of pyridine rings is 1. The van der Waals surface area contributed by atoms with E-state index in [-0.39, 0.29) is 10.7 Å². The molecule has 0 N–H and O–H groups in total. The Bertz CT molecular complexity index is 1280. The SMILES string of the molecule is O=[N+]([O-])c1cc(/C=N/c2c(-c3ccc(Cl)cc3Cl)nc3ccccn23)ccc1Cl. The Morgan fingerprint density at radius 2 is 1.86 bits per heavy atom. The van der Waals surface area contributed by atoms with Crippen molar-refractivity contribution in [3.8, 4) is 11.3 Å². The lowest BCUT2D eigenvalue weighted by Crippen LogP contribution is -1.91. The van der Waals surface area contributed by atoms with Gasteiger partial charge in [0.25, 0.3) is 5.69 Å². The number of hydrogen-bond acceptors (Lipinski definition) is 4. The van der Waals surface area contributed by atoms with Crippen molar-refractivity contribution in [2.75, 3.05) is 0 Å². The zero-order chi connectivity index (χ0) is 20.5. The lowest BCUT2D eigenvalue weighted by Gasteiger charge is -2.04. The van der Waals surface area contributed by atoms with E-state index in [1.54, 1.807) is 28.7 Å². The highest BCUT2D eigenvalue weighted by Gasteiger charge is 2.16. The number of rotatable bonds is 4. The number of fused-ring (bicyclic) bond motifs is 1. The molecule has 0 amide bonds. The van der Waals surface area contributed by atoms with Crippen LogP contribution in [-0.2, 0) is 0 Å². The van der Waals surface area contributed by atoms with Gasteiger partial charge in [-0.15, -0.1) is 0 Å². The number of hydrogen-bond donors (Lipinski definition) is 0. The fourth-order valence-electron chi connectivity index (χ4n) is 2.85. The van der Waals surface area contributed by atoms with Crippen molar-refractivity contribution in [3.05, 3.63) is 91.5 Å². The number of aliphatic imine (C=N–C) groups is 1. The van der Waals surface area contributed by atoms with Crippen molar-refractivity contribution in [1.82, 2.24) is 9.38 Å². The van der Waals surface area contributed by atoms with Crippen molar-refractivity contribution < 1.29 is 4.92 Å². The van der Waals surface area contributed by atoms with Crippen LogP contribution in [0.2, 0.25) is 15.1 Å².